The first-order valence-corrected chi connectivity index (χ1v) is 10.4. The molecule has 0 atom stereocenters. The second-order valence-electron chi connectivity index (χ2n) is 5.56. The molecule has 0 saturated carbocycles. The Bertz CT molecular complexity index is 1030. The molecule has 1 aromatic carbocycles. The first kappa shape index (κ1) is 19.1. The van der Waals surface area contributed by atoms with Gasteiger partial charge in [-0.1, -0.05) is 18.2 Å². The molecule has 0 unspecified atom stereocenters. The third kappa shape index (κ3) is 5.16. The van der Waals surface area contributed by atoms with Crippen molar-refractivity contribution in [3.8, 4) is 11.5 Å². The monoisotopic (exact) mass is 405 g/mol. The normalized spacial score (nSPS) is 12.1. The van der Waals surface area contributed by atoms with Crippen molar-refractivity contribution in [3.05, 3.63) is 59.3 Å². The van der Waals surface area contributed by atoms with Crippen LogP contribution in [0.15, 0.2) is 62.3 Å². The Hall–Kier alpha value is -2.69. The Balaban J connectivity index is 1.54. The Labute approximate surface area is 161 Å². The fourth-order valence-electron chi connectivity index (χ4n) is 2.27. The van der Waals surface area contributed by atoms with Crippen LogP contribution < -0.4 is 15.8 Å². The van der Waals surface area contributed by atoms with Crippen LogP contribution in [0.1, 0.15) is 10.6 Å². The van der Waals surface area contributed by atoms with Gasteiger partial charge in [-0.2, -0.15) is 0 Å². The second kappa shape index (κ2) is 8.33. The van der Waals surface area contributed by atoms with Gasteiger partial charge < -0.3 is 15.1 Å². The molecule has 142 valence electrons. The zero-order valence-electron chi connectivity index (χ0n) is 14.5. The van der Waals surface area contributed by atoms with Crippen molar-refractivity contribution in [2.75, 3.05) is 7.05 Å². The Kier molecular flexibility index (Phi) is 5.89. The minimum atomic E-state index is -3.67. The predicted molar refractivity (Wildman–Crippen MR) is 105 cm³/mol. The van der Waals surface area contributed by atoms with Gasteiger partial charge >= 0.3 is 0 Å². The summed E-state index contributed by atoms with van der Waals surface area (Å²) in [4.78, 5) is 9.41. The number of rotatable bonds is 6. The predicted octanol–water partition coefficient (Wildman–Crippen LogP) is 1.92. The lowest BCUT2D eigenvalue weighted by Gasteiger charge is -2.09. The van der Waals surface area contributed by atoms with Crippen LogP contribution in [0.3, 0.4) is 0 Å². The van der Waals surface area contributed by atoms with Gasteiger partial charge in [0.1, 0.15) is 10.5 Å². The van der Waals surface area contributed by atoms with Crippen LogP contribution >= 0.6 is 11.3 Å². The largest absolute Gasteiger partial charge is 0.444 e. The number of primary sulfonamides is 1. The van der Waals surface area contributed by atoms with E-state index in [0.717, 1.165) is 27.5 Å². The molecule has 27 heavy (non-hydrogen) atoms. The highest BCUT2D eigenvalue weighted by molar-refractivity contribution is 7.91. The summed E-state index contributed by atoms with van der Waals surface area (Å²) < 4.78 is 28.3. The van der Waals surface area contributed by atoms with Gasteiger partial charge in [-0.3, -0.25) is 4.99 Å². The second-order valence-corrected chi connectivity index (χ2v) is 8.51. The molecule has 0 aliphatic rings. The molecule has 2 aromatic heterocycles. The first-order valence-electron chi connectivity index (χ1n) is 8.01. The van der Waals surface area contributed by atoms with Crippen molar-refractivity contribution in [2.24, 2.45) is 10.1 Å². The Morgan fingerprint density at radius 3 is 2.59 bits per heavy atom. The van der Waals surface area contributed by atoms with E-state index >= 15 is 0 Å². The third-order valence-corrected chi connectivity index (χ3v) is 6.10. The summed E-state index contributed by atoms with van der Waals surface area (Å²) in [5.41, 5.74) is 1.65. The zero-order chi connectivity index (χ0) is 19.3. The maximum absolute atomic E-state index is 11.3. The number of hydrogen-bond donors (Lipinski definition) is 3. The van der Waals surface area contributed by atoms with E-state index in [1.807, 2.05) is 30.3 Å². The number of sulfonamides is 1. The van der Waals surface area contributed by atoms with Gasteiger partial charge in [-0.15, -0.1) is 11.3 Å². The summed E-state index contributed by atoms with van der Waals surface area (Å²) in [6, 6.07) is 12.9. The van der Waals surface area contributed by atoms with Gasteiger partial charge in [0.05, 0.1) is 18.8 Å². The lowest BCUT2D eigenvalue weighted by atomic mass is 10.2. The van der Waals surface area contributed by atoms with Gasteiger partial charge in [0.15, 0.2) is 5.96 Å². The number of benzene rings is 1. The van der Waals surface area contributed by atoms with Crippen LogP contribution in [-0.2, 0) is 23.1 Å². The van der Waals surface area contributed by atoms with Crippen LogP contribution in [-0.4, -0.2) is 26.4 Å². The summed E-state index contributed by atoms with van der Waals surface area (Å²) in [6.07, 6.45) is 1.60. The fourth-order valence-corrected chi connectivity index (χ4v) is 3.99. The molecule has 3 aromatic rings. The molecule has 0 amide bonds. The molecule has 2 heterocycles. The van der Waals surface area contributed by atoms with E-state index in [1.165, 1.54) is 6.07 Å². The number of aromatic nitrogens is 1. The molecule has 3 rings (SSSR count). The average Bonchev–Trinajstić information content (AvgIpc) is 3.32. The van der Waals surface area contributed by atoms with Crippen molar-refractivity contribution in [2.45, 2.75) is 17.3 Å². The quantitative estimate of drug-likeness (QED) is 0.425. The maximum Gasteiger partial charge on any atom is 0.247 e. The number of hydrogen-bond acceptors (Lipinski definition) is 6. The van der Waals surface area contributed by atoms with Crippen molar-refractivity contribution in [1.82, 2.24) is 15.6 Å². The first-order chi connectivity index (χ1) is 13.0. The minimum absolute atomic E-state index is 0.137. The van der Waals surface area contributed by atoms with Crippen molar-refractivity contribution in [1.29, 1.82) is 0 Å². The number of oxazole rings is 1. The number of aliphatic imine (C=N–C) groups is 1. The van der Waals surface area contributed by atoms with Crippen LogP contribution in [0.5, 0.6) is 0 Å². The molecule has 0 aliphatic heterocycles. The smallest absolute Gasteiger partial charge is 0.247 e. The number of nitrogens with two attached hydrogens (primary N) is 1. The Morgan fingerprint density at radius 2 is 1.93 bits per heavy atom. The highest BCUT2D eigenvalue weighted by Gasteiger charge is 2.11. The van der Waals surface area contributed by atoms with Gasteiger partial charge in [0.25, 0.3) is 0 Å². The van der Waals surface area contributed by atoms with Gasteiger partial charge in [0.2, 0.25) is 15.9 Å². The van der Waals surface area contributed by atoms with Gasteiger partial charge in [0, 0.05) is 17.5 Å². The summed E-state index contributed by atoms with van der Waals surface area (Å²) in [7, 11) is -2.02. The third-order valence-electron chi connectivity index (χ3n) is 3.58. The number of nitrogens with one attached hydrogen (secondary N) is 2. The van der Waals surface area contributed by atoms with E-state index < -0.39 is 10.0 Å². The molecular weight excluding hydrogens is 386 g/mol. The Morgan fingerprint density at radius 1 is 1.19 bits per heavy atom. The van der Waals surface area contributed by atoms with E-state index in [1.54, 1.807) is 19.4 Å². The molecule has 0 radical (unpaired) electrons. The van der Waals surface area contributed by atoms with E-state index in [-0.39, 0.29) is 4.21 Å². The minimum Gasteiger partial charge on any atom is -0.444 e. The summed E-state index contributed by atoms with van der Waals surface area (Å²) in [6.45, 7) is 0.858. The highest BCUT2D eigenvalue weighted by atomic mass is 32.2. The number of thiophene rings is 1. The van der Waals surface area contributed by atoms with Crippen LogP contribution in [0.25, 0.3) is 11.5 Å². The topological polar surface area (TPSA) is 123 Å². The maximum atomic E-state index is 11.3. The zero-order valence-corrected chi connectivity index (χ0v) is 16.2. The molecule has 10 heteroatoms. The lowest BCUT2D eigenvalue weighted by molar-refractivity contribution is 0.572. The molecule has 0 fully saturated rings. The summed E-state index contributed by atoms with van der Waals surface area (Å²) >= 11 is 1.12. The van der Waals surface area contributed by atoms with Crippen LogP contribution in [0, 0.1) is 0 Å². The van der Waals surface area contributed by atoms with E-state index in [4.69, 9.17) is 9.56 Å². The van der Waals surface area contributed by atoms with Crippen LogP contribution in [0.4, 0.5) is 0 Å². The number of nitrogens with zero attached hydrogens (tertiary/aromatic N) is 2. The molecule has 0 spiro atoms. The molecular formula is C17H19N5O3S2. The highest BCUT2D eigenvalue weighted by Crippen LogP contribution is 2.20. The van der Waals surface area contributed by atoms with Crippen LogP contribution in [0.2, 0.25) is 0 Å². The molecule has 0 bridgehead atoms. The molecule has 0 saturated heterocycles. The summed E-state index contributed by atoms with van der Waals surface area (Å²) in [5, 5.41) is 11.4. The van der Waals surface area contributed by atoms with Gasteiger partial charge in [-0.25, -0.2) is 18.5 Å². The van der Waals surface area contributed by atoms with Gasteiger partial charge in [-0.05, 0) is 24.3 Å². The SMILES string of the molecule is CN=C(NCc1coc(-c2ccccc2)n1)NCc1ccc(S(N)(=O)=O)s1. The number of guanidine groups is 1. The lowest BCUT2D eigenvalue weighted by Crippen LogP contribution is -2.36. The molecule has 4 N–H and O–H groups in total. The van der Waals surface area contributed by atoms with E-state index in [2.05, 4.69) is 20.6 Å². The van der Waals surface area contributed by atoms with Crippen molar-refractivity contribution in [3.63, 3.8) is 0 Å². The fraction of sp³-hybridized carbons (Fsp3) is 0.176. The van der Waals surface area contributed by atoms with Crippen molar-refractivity contribution >= 4 is 27.3 Å². The molecule has 8 nitrogen and oxygen atoms in total. The standard InChI is InChI=1S/C17H19N5O3S2/c1-19-17(21-10-14-7-8-15(26-14)27(18,23)24)20-9-13-11-25-16(22-13)12-5-3-2-4-6-12/h2-8,11H,9-10H2,1H3,(H2,18,23,24)(H2,19,20,21). The van der Waals surface area contributed by atoms with Crippen molar-refractivity contribution < 1.29 is 12.8 Å². The average molecular weight is 406 g/mol. The van der Waals surface area contributed by atoms with E-state index in [0.29, 0.717) is 24.9 Å². The summed E-state index contributed by atoms with van der Waals surface area (Å²) in [5.74, 6) is 1.12. The molecule has 0 aliphatic carbocycles. The van der Waals surface area contributed by atoms with E-state index in [9.17, 15) is 8.42 Å².